The number of hydrogen-bond donors (Lipinski definition) is 0. The first-order chi connectivity index (χ1) is 36.5. The number of rotatable bonds is 7. The third-order valence-electron chi connectivity index (χ3n) is 13.6. The molecule has 0 amide bonds. The van der Waals surface area contributed by atoms with Gasteiger partial charge in [-0.3, -0.25) is 0 Å². The number of hydrogen-bond acceptors (Lipinski definition) is 4. The van der Waals surface area contributed by atoms with E-state index in [4.69, 9.17) is 13.8 Å². The summed E-state index contributed by atoms with van der Waals surface area (Å²) in [5.74, 6) is 1.02. The Bertz CT molecular complexity index is 4260. The number of benzene rings is 9. The molecule has 8 heteroatoms. The van der Waals surface area contributed by atoms with Gasteiger partial charge >= 0.3 is 350 Å². The zero-order valence-corrected chi connectivity index (χ0v) is 38.9. The molecule has 3 aliphatic rings. The van der Waals surface area contributed by atoms with Crippen LogP contribution in [0.25, 0.3) is 78.0 Å². The molecule has 0 unspecified atom stereocenters. The Hall–Kier alpha value is -8.25. The van der Waals surface area contributed by atoms with Crippen molar-refractivity contribution in [1.82, 2.24) is 14.1 Å². The Labute approximate surface area is 419 Å². The molecular formula is C61H40BN5OPt. The van der Waals surface area contributed by atoms with Gasteiger partial charge in [0.15, 0.2) is 0 Å². The van der Waals surface area contributed by atoms with Crippen molar-refractivity contribution >= 4 is 46.4 Å². The van der Waals surface area contributed by atoms with Gasteiger partial charge in [0, 0.05) is 11.3 Å². The molecule has 3 aliphatic heterocycles. The summed E-state index contributed by atoms with van der Waals surface area (Å²) in [6.45, 7) is -2.63. The van der Waals surface area contributed by atoms with Gasteiger partial charge in [0.2, 0.25) is 0 Å². The summed E-state index contributed by atoms with van der Waals surface area (Å²) in [4.78, 5) is 9.94. The third kappa shape index (κ3) is 6.17. The van der Waals surface area contributed by atoms with Crippen LogP contribution in [0.2, 0.25) is 0 Å². The van der Waals surface area contributed by atoms with Crippen LogP contribution in [0.3, 0.4) is 0 Å². The topological polar surface area (TPSA) is 38.5 Å². The molecule has 0 atom stereocenters. The summed E-state index contributed by atoms with van der Waals surface area (Å²) in [5.41, 5.74) is 16.6. The maximum atomic E-state index is 9.54. The van der Waals surface area contributed by atoms with Gasteiger partial charge in [0.1, 0.15) is 0 Å². The first kappa shape index (κ1) is 34.1. The summed E-state index contributed by atoms with van der Waals surface area (Å²) in [5, 5.41) is 0. The van der Waals surface area contributed by atoms with Crippen LogP contribution in [0.1, 0.15) is 13.8 Å². The van der Waals surface area contributed by atoms with Gasteiger partial charge in [-0.05, 0) is 17.7 Å². The molecule has 0 bridgehead atoms. The van der Waals surface area contributed by atoms with Gasteiger partial charge in [-0.1, -0.05) is 42.5 Å². The monoisotopic (exact) mass is 1070 g/mol. The Morgan fingerprint density at radius 1 is 0.507 bits per heavy atom. The molecule has 9 aromatic carbocycles. The van der Waals surface area contributed by atoms with Crippen LogP contribution in [0.15, 0.2) is 224 Å². The van der Waals surface area contributed by atoms with Crippen LogP contribution in [-0.2, 0) is 19.4 Å². The fraction of sp³-hybridized carbons (Fsp3) is 0.0164. The number of imidazole rings is 1. The van der Waals surface area contributed by atoms with Crippen molar-refractivity contribution < 1.29 is 32.3 Å². The Morgan fingerprint density at radius 3 is 1.90 bits per heavy atom. The van der Waals surface area contributed by atoms with Gasteiger partial charge < -0.3 is 0 Å². The van der Waals surface area contributed by atoms with E-state index in [0.717, 1.165) is 67.2 Å². The zero-order valence-electron chi connectivity index (χ0n) is 42.7. The van der Waals surface area contributed by atoms with Gasteiger partial charge in [0.25, 0.3) is 0 Å². The standard InChI is InChI=1S/C61H40BN5O.Pt/c1-40-35-51(42-19-6-3-7-20-42)60(52(36-40)44-22-14-21-43(37-44)41-17-4-2-5-18-41)65-39-64(54-29-10-11-30-55(54)65)45-23-15-24-46(38-45)68-58-34-33-50-49-27-16-26-48-47-25-8-9-28-53(47)66-56-31-12-13-32-57(56)67(61(50)63-58)62(66)59(48)49;/h2-38H,1H3;/i1D3,15D,23D,24D;. The Morgan fingerprint density at radius 2 is 1.12 bits per heavy atom. The van der Waals surface area contributed by atoms with Crippen LogP contribution in [-0.4, -0.2) is 21.1 Å². The normalized spacial score (nSPS) is 14.1. The van der Waals surface area contributed by atoms with E-state index in [-0.39, 0.29) is 42.3 Å². The number of nitrogens with zero attached hydrogens (tertiary/aromatic N) is 5. The average Bonchev–Trinajstić information content (AvgIpc) is 4.14. The molecule has 0 N–H and O–H groups in total. The van der Waals surface area contributed by atoms with Crippen molar-refractivity contribution in [3.63, 3.8) is 0 Å². The molecule has 11 aromatic rings. The SMILES string of the molecule is [2H]c1c(Oc2ccc3c(n2)N2B4c5c(cccc5-3)-c3ccccc3N4c3ccccc32)cc(-n2[c](=[Pt])n(-c3c(-c4ccccc4)cc(C([2H])([2H])[2H])cc3-c3cccc(-c4ccccc4)c3)c3ccccc32)c([2H])c1[2H]. The van der Waals surface area contributed by atoms with Crippen LogP contribution >= 0.6 is 0 Å². The average molecular weight is 1070 g/mol. The van der Waals surface area contributed by atoms with Crippen molar-refractivity contribution in [3.05, 3.63) is 234 Å². The van der Waals surface area contributed by atoms with Gasteiger partial charge in [0.05, 0.1) is 0 Å². The quantitative estimate of drug-likeness (QED) is 0.149. The van der Waals surface area contributed by atoms with E-state index >= 15 is 0 Å². The van der Waals surface area contributed by atoms with Crippen molar-refractivity contribution in [1.29, 1.82) is 0 Å². The molecule has 69 heavy (non-hydrogen) atoms. The summed E-state index contributed by atoms with van der Waals surface area (Å²) >= 11 is 2.27. The molecule has 0 saturated heterocycles. The molecule has 14 rings (SSSR count). The minimum atomic E-state index is -2.43. The number of fused-ring (bicyclic) bond motifs is 10. The third-order valence-corrected chi connectivity index (χ3v) is 14.6. The van der Waals surface area contributed by atoms with Crippen molar-refractivity contribution in [2.45, 2.75) is 6.85 Å². The number of anilines is 4. The summed E-state index contributed by atoms with van der Waals surface area (Å²) in [6.07, 6.45) is 0. The van der Waals surface area contributed by atoms with E-state index in [2.05, 4.69) is 118 Å². The van der Waals surface area contributed by atoms with Gasteiger partial charge in [-0.2, -0.15) is 0 Å². The van der Waals surface area contributed by atoms with E-state index in [1.54, 1.807) is 18.2 Å². The molecule has 0 aliphatic carbocycles. The van der Waals surface area contributed by atoms with Crippen LogP contribution in [0.5, 0.6) is 11.6 Å². The second-order valence-corrected chi connectivity index (χ2v) is 18.4. The minimum absolute atomic E-state index is 0.0674. The van der Waals surface area contributed by atoms with E-state index in [0.29, 0.717) is 26.4 Å². The first-order valence-electron chi connectivity index (χ1n) is 25.8. The number of aryl methyl sites for hydroxylation is 1. The zero-order chi connectivity index (χ0) is 50.9. The molecule has 0 saturated carbocycles. The summed E-state index contributed by atoms with van der Waals surface area (Å²) < 4.78 is 65.7. The fourth-order valence-electron chi connectivity index (χ4n) is 10.7. The fourth-order valence-corrected chi connectivity index (χ4v) is 11.8. The van der Waals surface area contributed by atoms with Crippen molar-refractivity contribution in [3.8, 4) is 78.6 Å². The summed E-state index contributed by atoms with van der Waals surface area (Å²) in [6, 6.07) is 67.7. The maximum absolute atomic E-state index is 9.54. The Balaban J connectivity index is 0.948. The van der Waals surface area contributed by atoms with Crippen LogP contribution in [0, 0.1) is 10.7 Å². The molecule has 0 radical (unpaired) electrons. The number of ether oxygens (including phenoxy) is 1. The molecule has 0 spiro atoms. The predicted octanol–water partition coefficient (Wildman–Crippen LogP) is 14.6. The first-order valence-corrected chi connectivity index (χ1v) is 24.0. The Kier molecular flexibility index (Phi) is 7.74. The van der Waals surface area contributed by atoms with Crippen molar-refractivity contribution in [2.24, 2.45) is 0 Å². The van der Waals surface area contributed by atoms with E-state index < -0.39 is 6.85 Å². The molecule has 6 nitrogen and oxygen atoms in total. The number of pyridine rings is 1. The second kappa shape index (κ2) is 15.7. The molecule has 328 valence electrons. The van der Waals surface area contributed by atoms with E-state index in [1.165, 1.54) is 16.6 Å². The van der Waals surface area contributed by atoms with Gasteiger partial charge in [-0.15, -0.1) is 0 Å². The molecule has 0 fully saturated rings. The molecular weight excluding hydrogens is 1020 g/mol. The predicted molar refractivity (Wildman–Crippen MR) is 278 cm³/mol. The van der Waals surface area contributed by atoms with Crippen LogP contribution < -0.4 is 19.8 Å². The van der Waals surface area contributed by atoms with E-state index in [9.17, 15) is 4.11 Å². The van der Waals surface area contributed by atoms with Crippen LogP contribution in [0.4, 0.5) is 22.9 Å². The van der Waals surface area contributed by atoms with E-state index in [1.807, 2.05) is 108 Å². The number of aromatic nitrogens is 3. The number of para-hydroxylation sites is 5. The molecule has 5 heterocycles. The van der Waals surface area contributed by atoms with Gasteiger partial charge in [-0.25, -0.2) is 0 Å². The summed E-state index contributed by atoms with van der Waals surface area (Å²) in [7, 11) is 0. The second-order valence-electron chi connectivity index (χ2n) is 17.4. The van der Waals surface area contributed by atoms with Crippen molar-refractivity contribution in [2.75, 3.05) is 9.62 Å². The molecule has 2 aromatic heterocycles.